The number of nitrogens with zero attached hydrogens (tertiary/aromatic N) is 3. The summed E-state index contributed by atoms with van der Waals surface area (Å²) >= 11 is 2.04. The summed E-state index contributed by atoms with van der Waals surface area (Å²) in [4.78, 5) is 18.8. The van der Waals surface area contributed by atoms with E-state index >= 15 is 0 Å². The van der Waals surface area contributed by atoms with Crippen molar-refractivity contribution in [3.63, 3.8) is 0 Å². The summed E-state index contributed by atoms with van der Waals surface area (Å²) in [5.74, 6) is 0.606. The average Bonchev–Trinajstić information content (AvgIpc) is 2.35. The Labute approximate surface area is 117 Å². The van der Waals surface area contributed by atoms with Gasteiger partial charge in [0.2, 0.25) is 0 Å². The van der Waals surface area contributed by atoms with Crippen LogP contribution in [0.3, 0.4) is 0 Å². The van der Waals surface area contributed by atoms with Crippen LogP contribution in [0.4, 0.5) is 11.5 Å². The monoisotopic (exact) mass is 356 g/mol. The number of nitrogen functional groups attached to an aromatic ring is 1. The molecular weight excluding hydrogens is 347 g/mol. The maximum absolute atomic E-state index is 10.9. The summed E-state index contributed by atoms with van der Waals surface area (Å²) in [7, 11) is 0. The normalized spacial score (nSPS) is 10.3. The molecule has 2 aromatic rings. The van der Waals surface area contributed by atoms with E-state index in [0.29, 0.717) is 17.1 Å². The molecule has 2 rings (SSSR count). The Bertz CT molecular complexity index is 607. The molecule has 6 nitrogen and oxygen atoms in total. The van der Waals surface area contributed by atoms with E-state index in [2.05, 4.69) is 9.97 Å². The number of anilines is 1. The molecule has 0 aliphatic rings. The Morgan fingerprint density at radius 2 is 2.00 bits per heavy atom. The van der Waals surface area contributed by atoms with E-state index in [4.69, 9.17) is 5.73 Å². The quantitative estimate of drug-likeness (QED) is 0.507. The first-order chi connectivity index (χ1) is 8.50. The van der Waals surface area contributed by atoms with Crippen molar-refractivity contribution >= 4 is 34.1 Å². The molecule has 0 spiro atoms. The van der Waals surface area contributed by atoms with Gasteiger partial charge in [-0.25, -0.2) is 9.97 Å². The molecule has 0 saturated carbocycles. The van der Waals surface area contributed by atoms with Crippen molar-refractivity contribution in [2.24, 2.45) is 0 Å². The van der Waals surface area contributed by atoms with Gasteiger partial charge < -0.3 is 5.73 Å². The van der Waals surface area contributed by atoms with Crippen molar-refractivity contribution in [1.82, 2.24) is 9.97 Å². The van der Waals surface area contributed by atoms with Gasteiger partial charge in [0.1, 0.15) is 5.82 Å². The number of halogens is 1. The van der Waals surface area contributed by atoms with E-state index in [0.717, 1.165) is 3.57 Å². The highest BCUT2D eigenvalue weighted by atomic mass is 127. The number of aromatic nitrogens is 2. The molecule has 92 valence electrons. The Balaban J connectivity index is 2.66. The standard InChI is InChI=1S/C11H9IN4O2/c1-6-9(12)10(13)15-11(14-6)7-4-2-3-5-8(7)16(17)18/h2-5H,1H3,(H2,13,14,15). The van der Waals surface area contributed by atoms with E-state index in [1.165, 1.54) is 6.07 Å². The largest absolute Gasteiger partial charge is 0.383 e. The van der Waals surface area contributed by atoms with Crippen molar-refractivity contribution in [2.75, 3.05) is 5.73 Å². The first kappa shape index (κ1) is 12.7. The van der Waals surface area contributed by atoms with Gasteiger partial charge in [0.15, 0.2) is 5.82 Å². The van der Waals surface area contributed by atoms with Crippen LogP contribution in [0, 0.1) is 20.6 Å². The maximum atomic E-state index is 10.9. The highest BCUT2D eigenvalue weighted by Gasteiger charge is 2.18. The zero-order valence-corrected chi connectivity index (χ0v) is 11.6. The topological polar surface area (TPSA) is 94.9 Å². The molecule has 1 heterocycles. The predicted octanol–water partition coefficient (Wildman–Crippen LogP) is 2.55. The van der Waals surface area contributed by atoms with Crippen LogP contribution in [0.1, 0.15) is 5.69 Å². The van der Waals surface area contributed by atoms with Crippen LogP contribution in [0.2, 0.25) is 0 Å². The molecule has 0 amide bonds. The van der Waals surface area contributed by atoms with E-state index in [-0.39, 0.29) is 11.5 Å². The van der Waals surface area contributed by atoms with Crippen LogP contribution in [-0.4, -0.2) is 14.9 Å². The lowest BCUT2D eigenvalue weighted by molar-refractivity contribution is -0.384. The third-order valence-corrected chi connectivity index (χ3v) is 3.72. The van der Waals surface area contributed by atoms with E-state index in [9.17, 15) is 10.1 Å². The minimum atomic E-state index is -0.456. The lowest BCUT2D eigenvalue weighted by Crippen LogP contribution is -2.03. The second kappa shape index (κ2) is 4.84. The zero-order chi connectivity index (χ0) is 13.3. The van der Waals surface area contributed by atoms with Crippen molar-refractivity contribution < 1.29 is 4.92 Å². The summed E-state index contributed by atoms with van der Waals surface area (Å²) in [6.07, 6.45) is 0. The van der Waals surface area contributed by atoms with E-state index < -0.39 is 4.92 Å². The average molecular weight is 356 g/mol. The number of benzene rings is 1. The highest BCUT2D eigenvalue weighted by molar-refractivity contribution is 14.1. The molecule has 2 N–H and O–H groups in total. The number of hydrogen-bond acceptors (Lipinski definition) is 5. The molecule has 0 atom stereocenters. The summed E-state index contributed by atoms with van der Waals surface area (Å²) < 4.78 is 0.759. The number of hydrogen-bond donors (Lipinski definition) is 1. The molecule has 0 unspecified atom stereocenters. The third-order valence-electron chi connectivity index (χ3n) is 2.38. The molecule has 0 radical (unpaired) electrons. The number of nitro benzene ring substituents is 1. The highest BCUT2D eigenvalue weighted by Crippen LogP contribution is 2.28. The number of aryl methyl sites for hydroxylation is 1. The molecule has 0 aliphatic heterocycles. The number of para-hydroxylation sites is 1. The minimum absolute atomic E-state index is 0.0301. The Morgan fingerprint density at radius 1 is 1.33 bits per heavy atom. The first-order valence-electron chi connectivity index (χ1n) is 5.04. The fourth-order valence-corrected chi connectivity index (χ4v) is 1.77. The second-order valence-corrected chi connectivity index (χ2v) is 4.68. The number of rotatable bonds is 2. The minimum Gasteiger partial charge on any atom is -0.383 e. The van der Waals surface area contributed by atoms with Crippen LogP contribution >= 0.6 is 22.6 Å². The molecule has 1 aromatic carbocycles. The fourth-order valence-electron chi connectivity index (χ4n) is 1.52. The smallest absolute Gasteiger partial charge is 0.280 e. The van der Waals surface area contributed by atoms with Gasteiger partial charge in [0, 0.05) is 6.07 Å². The summed E-state index contributed by atoms with van der Waals surface area (Å²) in [6.45, 7) is 1.79. The Kier molecular flexibility index (Phi) is 3.41. The SMILES string of the molecule is Cc1nc(-c2ccccc2[N+](=O)[O-])nc(N)c1I. The van der Waals surface area contributed by atoms with Crippen LogP contribution in [0.25, 0.3) is 11.4 Å². The van der Waals surface area contributed by atoms with Gasteiger partial charge in [-0.2, -0.15) is 0 Å². The van der Waals surface area contributed by atoms with Crippen LogP contribution < -0.4 is 5.73 Å². The van der Waals surface area contributed by atoms with Gasteiger partial charge in [-0.3, -0.25) is 10.1 Å². The third kappa shape index (κ3) is 2.26. The zero-order valence-electron chi connectivity index (χ0n) is 9.42. The Morgan fingerprint density at radius 3 is 2.61 bits per heavy atom. The van der Waals surface area contributed by atoms with E-state index in [1.54, 1.807) is 25.1 Å². The van der Waals surface area contributed by atoms with Crippen molar-refractivity contribution in [3.05, 3.63) is 43.6 Å². The van der Waals surface area contributed by atoms with Gasteiger partial charge >= 0.3 is 0 Å². The molecule has 0 saturated heterocycles. The maximum Gasteiger partial charge on any atom is 0.280 e. The predicted molar refractivity (Wildman–Crippen MR) is 76.0 cm³/mol. The van der Waals surface area contributed by atoms with Gasteiger partial charge in [-0.05, 0) is 35.6 Å². The molecule has 18 heavy (non-hydrogen) atoms. The van der Waals surface area contributed by atoms with Gasteiger partial charge in [-0.1, -0.05) is 12.1 Å². The number of nitro groups is 1. The number of nitrogens with two attached hydrogens (primary N) is 1. The summed E-state index contributed by atoms with van der Waals surface area (Å²) in [5.41, 5.74) is 6.80. The van der Waals surface area contributed by atoms with Gasteiger partial charge in [0.25, 0.3) is 5.69 Å². The van der Waals surface area contributed by atoms with Crippen LogP contribution in [0.15, 0.2) is 24.3 Å². The molecule has 1 aromatic heterocycles. The van der Waals surface area contributed by atoms with Crippen molar-refractivity contribution in [2.45, 2.75) is 6.92 Å². The molecule has 0 fully saturated rings. The lowest BCUT2D eigenvalue weighted by Gasteiger charge is -2.06. The molecule has 0 bridgehead atoms. The van der Waals surface area contributed by atoms with Crippen molar-refractivity contribution in [1.29, 1.82) is 0 Å². The molecular formula is C11H9IN4O2. The molecule has 0 aliphatic carbocycles. The lowest BCUT2D eigenvalue weighted by atomic mass is 10.1. The van der Waals surface area contributed by atoms with E-state index in [1.807, 2.05) is 22.6 Å². The fraction of sp³-hybridized carbons (Fsp3) is 0.0909. The summed E-state index contributed by atoms with van der Waals surface area (Å²) in [5, 5.41) is 10.9. The summed E-state index contributed by atoms with van der Waals surface area (Å²) in [6, 6.07) is 6.33. The second-order valence-electron chi connectivity index (χ2n) is 3.61. The molecule has 7 heteroatoms. The van der Waals surface area contributed by atoms with Gasteiger partial charge in [0.05, 0.1) is 19.8 Å². The Hall–Kier alpha value is -1.77. The van der Waals surface area contributed by atoms with Crippen LogP contribution in [0.5, 0.6) is 0 Å². The van der Waals surface area contributed by atoms with Crippen molar-refractivity contribution in [3.8, 4) is 11.4 Å². The van der Waals surface area contributed by atoms with Crippen LogP contribution in [-0.2, 0) is 0 Å². The van der Waals surface area contributed by atoms with Gasteiger partial charge in [-0.15, -0.1) is 0 Å². The first-order valence-corrected chi connectivity index (χ1v) is 6.12.